The zero-order valence-corrected chi connectivity index (χ0v) is 18.2. The summed E-state index contributed by atoms with van der Waals surface area (Å²) in [5.74, 6) is 0. The third-order valence-electron chi connectivity index (χ3n) is 5.77. The fraction of sp³-hybridized carbons (Fsp3) is 1.00. The van der Waals surface area contributed by atoms with Gasteiger partial charge in [0.15, 0.2) is 0 Å². The summed E-state index contributed by atoms with van der Waals surface area (Å²) >= 11 is 0. The minimum atomic E-state index is -1.14. The van der Waals surface area contributed by atoms with E-state index in [0.29, 0.717) is 12.2 Å². The normalized spacial score (nSPS) is 20.1. The fourth-order valence-corrected chi connectivity index (χ4v) is 5.40. The van der Waals surface area contributed by atoms with E-state index in [1.54, 1.807) is 0 Å². The first-order valence-electron chi connectivity index (χ1n) is 11.6. The van der Waals surface area contributed by atoms with E-state index in [4.69, 9.17) is 13.6 Å². The smallest absolute Gasteiger partial charge is 0.312 e. The number of rotatable bonds is 14. The van der Waals surface area contributed by atoms with E-state index in [2.05, 4.69) is 6.92 Å². The summed E-state index contributed by atoms with van der Waals surface area (Å²) in [4.78, 5) is 0. The molecule has 2 aliphatic carbocycles. The van der Waals surface area contributed by atoms with E-state index in [-0.39, 0.29) is 0 Å². The van der Waals surface area contributed by atoms with Crippen LogP contribution >= 0.6 is 8.60 Å². The SMILES string of the molecule is CCCCCCCCCCOP(OC1CCCCC1)OC1CCCCC1. The molecule has 2 aliphatic rings. The van der Waals surface area contributed by atoms with E-state index in [0.717, 1.165) is 13.0 Å². The first-order chi connectivity index (χ1) is 12.9. The van der Waals surface area contributed by atoms with Gasteiger partial charge in [-0.1, -0.05) is 90.4 Å². The Morgan fingerprint density at radius 2 is 1.08 bits per heavy atom. The van der Waals surface area contributed by atoms with E-state index in [1.165, 1.54) is 109 Å². The maximum absolute atomic E-state index is 6.29. The quantitative estimate of drug-likeness (QED) is 0.223. The predicted octanol–water partition coefficient (Wildman–Crippen LogP) is 8.07. The molecule has 4 heteroatoms. The highest BCUT2D eigenvalue weighted by atomic mass is 31.2. The summed E-state index contributed by atoms with van der Waals surface area (Å²) in [6.45, 7) is 3.08. The maximum Gasteiger partial charge on any atom is 0.333 e. The topological polar surface area (TPSA) is 27.7 Å². The molecule has 2 fully saturated rings. The molecule has 0 spiro atoms. The monoisotopic (exact) mass is 386 g/mol. The third kappa shape index (κ3) is 10.6. The maximum atomic E-state index is 6.29. The summed E-state index contributed by atoms with van der Waals surface area (Å²) < 4.78 is 18.7. The van der Waals surface area contributed by atoms with Crippen LogP contribution in [-0.2, 0) is 13.6 Å². The minimum Gasteiger partial charge on any atom is -0.312 e. The summed E-state index contributed by atoms with van der Waals surface area (Å²) in [6, 6.07) is 0. The van der Waals surface area contributed by atoms with Gasteiger partial charge in [-0.25, -0.2) is 0 Å². The van der Waals surface area contributed by atoms with Gasteiger partial charge in [0.2, 0.25) is 0 Å². The van der Waals surface area contributed by atoms with Crippen molar-refractivity contribution in [3.63, 3.8) is 0 Å². The van der Waals surface area contributed by atoms with Crippen molar-refractivity contribution < 1.29 is 13.6 Å². The molecule has 0 atom stereocenters. The van der Waals surface area contributed by atoms with Crippen molar-refractivity contribution in [3.05, 3.63) is 0 Å². The molecule has 0 aromatic rings. The van der Waals surface area contributed by atoms with Gasteiger partial charge in [0.25, 0.3) is 0 Å². The molecule has 3 nitrogen and oxygen atoms in total. The second-order valence-corrected chi connectivity index (χ2v) is 9.39. The lowest BCUT2D eigenvalue weighted by atomic mass is 9.98. The van der Waals surface area contributed by atoms with Gasteiger partial charge in [-0.3, -0.25) is 0 Å². The van der Waals surface area contributed by atoms with Crippen LogP contribution in [0.4, 0.5) is 0 Å². The Morgan fingerprint density at radius 1 is 0.615 bits per heavy atom. The van der Waals surface area contributed by atoms with Crippen molar-refractivity contribution in [3.8, 4) is 0 Å². The van der Waals surface area contributed by atoms with E-state index in [9.17, 15) is 0 Å². The summed E-state index contributed by atoms with van der Waals surface area (Å²) in [7, 11) is -1.14. The summed E-state index contributed by atoms with van der Waals surface area (Å²) in [5, 5.41) is 0. The molecule has 154 valence electrons. The Labute approximate surface area is 163 Å². The van der Waals surface area contributed by atoms with Crippen LogP contribution in [0.2, 0.25) is 0 Å². The van der Waals surface area contributed by atoms with E-state index < -0.39 is 8.60 Å². The zero-order valence-electron chi connectivity index (χ0n) is 17.3. The highest BCUT2D eigenvalue weighted by molar-refractivity contribution is 7.41. The summed E-state index contributed by atoms with van der Waals surface area (Å²) in [6.07, 6.45) is 24.1. The molecule has 2 rings (SSSR count). The molecular formula is C22H43O3P. The minimum absolute atomic E-state index is 0.372. The Bertz CT molecular complexity index is 295. The number of unbranched alkanes of at least 4 members (excludes halogenated alkanes) is 7. The second-order valence-electron chi connectivity index (χ2n) is 8.26. The van der Waals surface area contributed by atoms with Crippen molar-refractivity contribution in [2.75, 3.05) is 6.61 Å². The van der Waals surface area contributed by atoms with Crippen LogP contribution in [0.15, 0.2) is 0 Å². The molecule has 0 heterocycles. The Kier molecular flexibility index (Phi) is 13.3. The molecular weight excluding hydrogens is 343 g/mol. The van der Waals surface area contributed by atoms with Crippen LogP contribution < -0.4 is 0 Å². The number of hydrogen-bond donors (Lipinski definition) is 0. The van der Waals surface area contributed by atoms with E-state index >= 15 is 0 Å². The van der Waals surface area contributed by atoms with Gasteiger partial charge in [-0.05, 0) is 32.1 Å². The largest absolute Gasteiger partial charge is 0.333 e. The molecule has 2 saturated carbocycles. The Balaban J connectivity index is 1.59. The summed E-state index contributed by atoms with van der Waals surface area (Å²) in [5.41, 5.74) is 0. The van der Waals surface area contributed by atoms with Gasteiger partial charge < -0.3 is 13.6 Å². The lowest BCUT2D eigenvalue weighted by molar-refractivity contribution is 0.0604. The lowest BCUT2D eigenvalue weighted by Gasteiger charge is -2.29. The van der Waals surface area contributed by atoms with Crippen molar-refractivity contribution >= 4 is 8.60 Å². The standard InChI is InChI=1S/C22H43O3P/c1-2-3-4-5-6-7-8-15-20-23-26(24-21-16-11-9-12-17-21)25-22-18-13-10-14-19-22/h21-22H,2-20H2,1H3. The average molecular weight is 387 g/mol. The van der Waals surface area contributed by atoms with Crippen LogP contribution in [0.25, 0.3) is 0 Å². The van der Waals surface area contributed by atoms with Gasteiger partial charge in [0, 0.05) is 0 Å². The van der Waals surface area contributed by atoms with Gasteiger partial charge in [0.05, 0.1) is 18.8 Å². The lowest BCUT2D eigenvalue weighted by Crippen LogP contribution is -2.19. The highest BCUT2D eigenvalue weighted by Gasteiger charge is 2.26. The van der Waals surface area contributed by atoms with Crippen LogP contribution in [0.3, 0.4) is 0 Å². The zero-order chi connectivity index (χ0) is 18.3. The Morgan fingerprint density at radius 3 is 1.58 bits per heavy atom. The van der Waals surface area contributed by atoms with Crippen molar-refractivity contribution in [1.82, 2.24) is 0 Å². The fourth-order valence-electron chi connectivity index (χ4n) is 4.05. The molecule has 0 bridgehead atoms. The van der Waals surface area contributed by atoms with Crippen molar-refractivity contribution in [1.29, 1.82) is 0 Å². The van der Waals surface area contributed by atoms with Crippen LogP contribution in [0, 0.1) is 0 Å². The van der Waals surface area contributed by atoms with Gasteiger partial charge in [-0.15, -0.1) is 0 Å². The van der Waals surface area contributed by atoms with Crippen LogP contribution in [0.5, 0.6) is 0 Å². The second kappa shape index (κ2) is 15.3. The van der Waals surface area contributed by atoms with Crippen LogP contribution in [0.1, 0.15) is 122 Å². The van der Waals surface area contributed by atoms with Crippen LogP contribution in [-0.4, -0.2) is 18.8 Å². The molecule has 0 aliphatic heterocycles. The molecule has 0 N–H and O–H groups in total. The molecule has 26 heavy (non-hydrogen) atoms. The first kappa shape index (κ1) is 22.6. The highest BCUT2D eigenvalue weighted by Crippen LogP contribution is 2.46. The third-order valence-corrected chi connectivity index (χ3v) is 7.10. The average Bonchev–Trinajstić information content (AvgIpc) is 2.68. The molecule has 0 saturated heterocycles. The van der Waals surface area contributed by atoms with E-state index in [1.807, 2.05) is 0 Å². The van der Waals surface area contributed by atoms with Gasteiger partial charge in [0.1, 0.15) is 0 Å². The molecule has 0 aromatic carbocycles. The molecule has 0 unspecified atom stereocenters. The number of hydrogen-bond acceptors (Lipinski definition) is 3. The van der Waals surface area contributed by atoms with Gasteiger partial charge >= 0.3 is 8.60 Å². The molecule has 0 amide bonds. The Hall–Kier alpha value is 0.310. The van der Waals surface area contributed by atoms with Gasteiger partial charge in [-0.2, -0.15) is 0 Å². The van der Waals surface area contributed by atoms with Crippen molar-refractivity contribution in [2.24, 2.45) is 0 Å². The molecule has 0 radical (unpaired) electrons. The molecule has 0 aromatic heterocycles. The first-order valence-corrected chi connectivity index (χ1v) is 12.7. The van der Waals surface area contributed by atoms with Crippen molar-refractivity contribution in [2.45, 2.75) is 135 Å². The predicted molar refractivity (Wildman–Crippen MR) is 111 cm³/mol.